The molecule has 17 heavy (non-hydrogen) atoms. The van der Waals surface area contributed by atoms with Gasteiger partial charge in [0.2, 0.25) is 0 Å². The molecule has 0 bridgehead atoms. The van der Waals surface area contributed by atoms with Crippen LogP contribution in [0.2, 0.25) is 5.02 Å². The summed E-state index contributed by atoms with van der Waals surface area (Å²) in [5.74, 6) is 0.220. The van der Waals surface area contributed by atoms with E-state index in [4.69, 9.17) is 22.5 Å². The highest BCUT2D eigenvalue weighted by molar-refractivity contribution is 6.30. The van der Waals surface area contributed by atoms with Gasteiger partial charge in [0.05, 0.1) is 0 Å². The fourth-order valence-electron chi connectivity index (χ4n) is 1.45. The van der Waals surface area contributed by atoms with Gasteiger partial charge in [0.15, 0.2) is 0 Å². The van der Waals surface area contributed by atoms with Crippen molar-refractivity contribution in [1.29, 1.82) is 0 Å². The first-order chi connectivity index (χ1) is 8.04. The van der Waals surface area contributed by atoms with E-state index in [1.165, 1.54) is 0 Å². The Balaban J connectivity index is 2.53. The zero-order chi connectivity index (χ0) is 12.8. The van der Waals surface area contributed by atoms with Crippen LogP contribution in [0, 0.1) is 5.92 Å². The highest BCUT2D eigenvalue weighted by Crippen LogP contribution is 2.17. The maximum Gasteiger partial charge on any atom is 0.143 e. The fourth-order valence-corrected chi connectivity index (χ4v) is 1.65. The molecule has 0 aliphatic carbocycles. The van der Waals surface area contributed by atoms with E-state index in [-0.39, 0.29) is 17.8 Å². The zero-order valence-corrected chi connectivity index (χ0v) is 10.8. The second kappa shape index (κ2) is 6.47. The average molecular weight is 256 g/mol. The number of hydrogen-bond donors (Lipinski definition) is 3. The average Bonchev–Trinajstić information content (AvgIpc) is 2.34. The van der Waals surface area contributed by atoms with Gasteiger partial charge < -0.3 is 16.3 Å². The molecule has 4 N–H and O–H groups in total. The molecular weight excluding hydrogens is 238 g/mol. The predicted octanol–water partition coefficient (Wildman–Crippen LogP) is 2.37. The summed E-state index contributed by atoms with van der Waals surface area (Å²) in [7, 11) is 0. The molecular formula is C12H18ClN3O. The van der Waals surface area contributed by atoms with Crippen LogP contribution < -0.4 is 11.1 Å². The molecule has 1 aromatic rings. The summed E-state index contributed by atoms with van der Waals surface area (Å²) < 4.78 is 0. The molecule has 0 saturated heterocycles. The second-order valence-electron chi connectivity index (χ2n) is 4.11. The first-order valence-corrected chi connectivity index (χ1v) is 5.88. The molecule has 0 radical (unpaired) electrons. The summed E-state index contributed by atoms with van der Waals surface area (Å²) in [6.45, 7) is 4.58. The largest absolute Gasteiger partial charge is 0.409 e. The number of nitrogens with two attached hydrogens (primary N) is 1. The van der Waals surface area contributed by atoms with Crippen molar-refractivity contribution in [1.82, 2.24) is 5.32 Å². The quantitative estimate of drug-likeness (QED) is 0.327. The van der Waals surface area contributed by atoms with Gasteiger partial charge in [0.25, 0.3) is 0 Å². The molecule has 2 atom stereocenters. The SMILES string of the molecule is CC(CNC(C)c1cccc(Cl)c1)C(N)=NO. The van der Waals surface area contributed by atoms with Crippen molar-refractivity contribution in [3.8, 4) is 0 Å². The van der Waals surface area contributed by atoms with E-state index in [2.05, 4.69) is 10.5 Å². The smallest absolute Gasteiger partial charge is 0.143 e. The van der Waals surface area contributed by atoms with Gasteiger partial charge in [-0.15, -0.1) is 0 Å². The third kappa shape index (κ3) is 4.24. The molecule has 0 heterocycles. The Hall–Kier alpha value is -1.26. The topological polar surface area (TPSA) is 70.6 Å². The van der Waals surface area contributed by atoms with Crippen molar-refractivity contribution >= 4 is 17.4 Å². The van der Waals surface area contributed by atoms with Crippen LogP contribution in [0.5, 0.6) is 0 Å². The summed E-state index contributed by atoms with van der Waals surface area (Å²) in [6.07, 6.45) is 0. The Kier molecular flexibility index (Phi) is 5.25. The third-order valence-corrected chi connectivity index (χ3v) is 2.93. The molecule has 0 fully saturated rings. The van der Waals surface area contributed by atoms with E-state index in [9.17, 15) is 0 Å². The number of nitrogens with one attached hydrogen (secondary N) is 1. The zero-order valence-electron chi connectivity index (χ0n) is 10.0. The van der Waals surface area contributed by atoms with E-state index < -0.39 is 0 Å². The van der Waals surface area contributed by atoms with E-state index in [1.807, 2.05) is 38.1 Å². The monoisotopic (exact) mass is 255 g/mol. The fraction of sp³-hybridized carbons (Fsp3) is 0.417. The van der Waals surface area contributed by atoms with Crippen LogP contribution in [0.3, 0.4) is 0 Å². The standard InChI is InChI=1S/C12H18ClN3O/c1-8(12(14)16-17)7-15-9(2)10-4-3-5-11(13)6-10/h3-6,8-9,15,17H,7H2,1-2H3,(H2,14,16). The van der Waals surface area contributed by atoms with E-state index >= 15 is 0 Å². The van der Waals surface area contributed by atoms with Crippen LogP contribution in [-0.2, 0) is 0 Å². The summed E-state index contributed by atoms with van der Waals surface area (Å²) in [5, 5.41) is 15.6. The van der Waals surface area contributed by atoms with E-state index in [0.717, 1.165) is 10.6 Å². The minimum atomic E-state index is -0.0124. The number of nitrogens with zero attached hydrogens (tertiary/aromatic N) is 1. The van der Waals surface area contributed by atoms with E-state index in [0.29, 0.717) is 6.54 Å². The molecule has 0 aliphatic rings. The molecule has 5 heteroatoms. The second-order valence-corrected chi connectivity index (χ2v) is 4.55. The maximum atomic E-state index is 8.54. The van der Waals surface area contributed by atoms with Gasteiger partial charge in [-0.1, -0.05) is 35.8 Å². The molecule has 0 aromatic heterocycles. The molecule has 0 spiro atoms. The summed E-state index contributed by atoms with van der Waals surface area (Å²) in [5.41, 5.74) is 6.62. The lowest BCUT2D eigenvalue weighted by Crippen LogP contribution is -2.32. The minimum absolute atomic E-state index is 0.0124. The first kappa shape index (κ1) is 13.8. The van der Waals surface area contributed by atoms with Crippen molar-refractivity contribution in [3.63, 3.8) is 0 Å². The molecule has 2 unspecified atom stereocenters. The third-order valence-electron chi connectivity index (χ3n) is 2.70. The molecule has 94 valence electrons. The molecule has 0 aliphatic heterocycles. The van der Waals surface area contributed by atoms with E-state index in [1.54, 1.807) is 0 Å². The minimum Gasteiger partial charge on any atom is -0.409 e. The number of halogens is 1. The Morgan fingerprint density at radius 3 is 2.82 bits per heavy atom. The first-order valence-electron chi connectivity index (χ1n) is 5.51. The molecule has 4 nitrogen and oxygen atoms in total. The lowest BCUT2D eigenvalue weighted by molar-refractivity contribution is 0.313. The lowest BCUT2D eigenvalue weighted by Gasteiger charge is -2.17. The van der Waals surface area contributed by atoms with Crippen LogP contribution in [0.1, 0.15) is 25.5 Å². The number of amidine groups is 1. The Labute approximate surface area is 106 Å². The van der Waals surface area contributed by atoms with Gasteiger partial charge in [-0.2, -0.15) is 0 Å². The normalized spacial score (nSPS) is 15.6. The summed E-state index contributed by atoms with van der Waals surface area (Å²) in [4.78, 5) is 0. The van der Waals surface area contributed by atoms with Crippen molar-refractivity contribution in [2.45, 2.75) is 19.9 Å². The van der Waals surface area contributed by atoms with Gasteiger partial charge >= 0.3 is 0 Å². The molecule has 1 aromatic carbocycles. The maximum absolute atomic E-state index is 8.54. The van der Waals surface area contributed by atoms with Crippen molar-refractivity contribution in [2.75, 3.05) is 6.54 Å². The Morgan fingerprint density at radius 1 is 1.53 bits per heavy atom. The van der Waals surface area contributed by atoms with Crippen molar-refractivity contribution in [3.05, 3.63) is 34.9 Å². The predicted molar refractivity (Wildman–Crippen MR) is 70.4 cm³/mol. The number of benzene rings is 1. The van der Waals surface area contributed by atoms with Crippen LogP contribution in [0.4, 0.5) is 0 Å². The van der Waals surface area contributed by atoms with Gasteiger partial charge in [-0.05, 0) is 24.6 Å². The number of oxime groups is 1. The van der Waals surface area contributed by atoms with Crippen LogP contribution in [0.25, 0.3) is 0 Å². The van der Waals surface area contributed by atoms with Gasteiger partial charge in [0.1, 0.15) is 5.84 Å². The molecule has 0 saturated carbocycles. The highest BCUT2D eigenvalue weighted by atomic mass is 35.5. The Bertz CT molecular complexity index is 395. The van der Waals surface area contributed by atoms with Gasteiger partial charge in [-0.3, -0.25) is 0 Å². The summed E-state index contributed by atoms with van der Waals surface area (Å²) >= 11 is 5.92. The van der Waals surface area contributed by atoms with Crippen LogP contribution >= 0.6 is 11.6 Å². The highest BCUT2D eigenvalue weighted by Gasteiger charge is 2.10. The molecule has 1 rings (SSSR count). The molecule has 0 amide bonds. The Morgan fingerprint density at radius 2 is 2.24 bits per heavy atom. The van der Waals surface area contributed by atoms with Crippen molar-refractivity contribution in [2.24, 2.45) is 16.8 Å². The van der Waals surface area contributed by atoms with Crippen molar-refractivity contribution < 1.29 is 5.21 Å². The van der Waals surface area contributed by atoms with Gasteiger partial charge in [0, 0.05) is 23.5 Å². The lowest BCUT2D eigenvalue weighted by atomic mass is 10.1. The summed E-state index contributed by atoms with van der Waals surface area (Å²) in [6, 6.07) is 7.87. The van der Waals surface area contributed by atoms with Gasteiger partial charge in [-0.25, -0.2) is 0 Å². The number of rotatable bonds is 5. The number of hydrogen-bond acceptors (Lipinski definition) is 3. The van der Waals surface area contributed by atoms with Crippen LogP contribution in [0.15, 0.2) is 29.4 Å². The van der Waals surface area contributed by atoms with Crippen LogP contribution in [-0.4, -0.2) is 17.6 Å².